The molecular weight excluding hydrogens is 342 g/mol. The van der Waals surface area contributed by atoms with Crippen LogP contribution in [0, 0.1) is 0 Å². The molecule has 0 fully saturated rings. The molecule has 144 valence electrons. The molecule has 2 rings (SSSR count). The van der Waals surface area contributed by atoms with Crippen molar-refractivity contribution < 1.29 is 14.3 Å². The van der Waals surface area contributed by atoms with E-state index in [2.05, 4.69) is 28.1 Å². The van der Waals surface area contributed by atoms with E-state index in [4.69, 9.17) is 4.74 Å². The van der Waals surface area contributed by atoms with Gasteiger partial charge in [0.1, 0.15) is 5.75 Å². The molecule has 0 aromatic heterocycles. The van der Waals surface area contributed by atoms with E-state index in [9.17, 15) is 9.59 Å². The van der Waals surface area contributed by atoms with E-state index in [1.165, 1.54) is 5.56 Å². The number of amides is 3. The van der Waals surface area contributed by atoms with Gasteiger partial charge >= 0.3 is 6.03 Å². The zero-order valence-corrected chi connectivity index (χ0v) is 15.8. The molecule has 0 bridgehead atoms. The maximum Gasteiger partial charge on any atom is 0.319 e. The molecular formula is C21H27N3O3. The molecule has 3 N–H and O–H groups in total. The van der Waals surface area contributed by atoms with Crippen molar-refractivity contribution >= 4 is 17.6 Å². The van der Waals surface area contributed by atoms with Crippen LogP contribution in [0.3, 0.4) is 0 Å². The number of ether oxygens (including phenoxy) is 1. The minimum Gasteiger partial charge on any atom is -0.484 e. The minimum absolute atomic E-state index is 0.0277. The van der Waals surface area contributed by atoms with E-state index < -0.39 is 0 Å². The number of nitrogens with one attached hydrogen (secondary N) is 3. The summed E-state index contributed by atoms with van der Waals surface area (Å²) in [6, 6.07) is 16.9. The standard InChI is InChI=1S/C21H27N3O3/c1-3-22-20(25)15-27-19-13-11-18(12-14-19)24-21(26)23-16(2)9-10-17-7-5-4-6-8-17/h4-8,11-14,16H,3,9-10,15H2,1-2H3,(H,22,25)(H2,23,24,26). The lowest BCUT2D eigenvalue weighted by molar-refractivity contribution is -0.122. The number of hydrogen-bond acceptors (Lipinski definition) is 3. The van der Waals surface area contributed by atoms with Crippen molar-refractivity contribution in [2.75, 3.05) is 18.5 Å². The third kappa shape index (κ3) is 7.81. The second-order valence-electron chi connectivity index (χ2n) is 6.29. The Morgan fingerprint density at radius 2 is 1.74 bits per heavy atom. The Kier molecular flexibility index (Phi) is 8.16. The Hall–Kier alpha value is -3.02. The van der Waals surface area contributed by atoms with Gasteiger partial charge < -0.3 is 20.7 Å². The van der Waals surface area contributed by atoms with Crippen LogP contribution in [0.15, 0.2) is 54.6 Å². The summed E-state index contributed by atoms with van der Waals surface area (Å²) in [6.07, 6.45) is 1.78. The third-order valence-corrected chi connectivity index (χ3v) is 3.94. The van der Waals surface area contributed by atoms with E-state index >= 15 is 0 Å². The van der Waals surface area contributed by atoms with Crippen LogP contribution >= 0.6 is 0 Å². The number of likely N-dealkylation sites (N-methyl/N-ethyl adjacent to an activating group) is 1. The van der Waals surface area contributed by atoms with Crippen LogP contribution in [0.4, 0.5) is 10.5 Å². The molecule has 0 saturated heterocycles. The first kappa shape index (κ1) is 20.3. The lowest BCUT2D eigenvalue weighted by atomic mass is 10.1. The maximum atomic E-state index is 12.1. The fourth-order valence-corrected chi connectivity index (χ4v) is 2.52. The summed E-state index contributed by atoms with van der Waals surface area (Å²) in [7, 11) is 0. The van der Waals surface area contributed by atoms with E-state index in [0.29, 0.717) is 18.0 Å². The molecule has 0 aliphatic heterocycles. The molecule has 3 amide bonds. The number of aryl methyl sites for hydroxylation is 1. The number of urea groups is 1. The first-order valence-corrected chi connectivity index (χ1v) is 9.18. The van der Waals surface area contributed by atoms with Crippen molar-refractivity contribution in [1.29, 1.82) is 0 Å². The first-order chi connectivity index (χ1) is 13.1. The van der Waals surface area contributed by atoms with E-state index in [0.717, 1.165) is 12.8 Å². The van der Waals surface area contributed by atoms with E-state index in [1.807, 2.05) is 32.0 Å². The van der Waals surface area contributed by atoms with Gasteiger partial charge in [0.05, 0.1) is 0 Å². The zero-order valence-electron chi connectivity index (χ0n) is 15.8. The number of anilines is 1. The van der Waals surface area contributed by atoms with Gasteiger partial charge in [-0.25, -0.2) is 4.79 Å². The topological polar surface area (TPSA) is 79.5 Å². The summed E-state index contributed by atoms with van der Waals surface area (Å²) in [5, 5.41) is 8.39. The zero-order chi connectivity index (χ0) is 19.5. The fourth-order valence-electron chi connectivity index (χ4n) is 2.52. The lowest BCUT2D eigenvalue weighted by Gasteiger charge is -2.15. The van der Waals surface area contributed by atoms with Gasteiger partial charge in [0, 0.05) is 18.3 Å². The molecule has 0 saturated carbocycles. The van der Waals surface area contributed by atoms with Crippen molar-refractivity contribution in [3.63, 3.8) is 0 Å². The number of carbonyl (C=O) groups excluding carboxylic acids is 2. The van der Waals surface area contributed by atoms with Crippen molar-refractivity contribution in [1.82, 2.24) is 10.6 Å². The largest absolute Gasteiger partial charge is 0.484 e. The SMILES string of the molecule is CCNC(=O)COc1ccc(NC(=O)NC(C)CCc2ccccc2)cc1. The predicted molar refractivity (Wildman–Crippen MR) is 107 cm³/mol. The van der Waals surface area contributed by atoms with Crippen LogP contribution in [-0.2, 0) is 11.2 Å². The average molecular weight is 369 g/mol. The lowest BCUT2D eigenvalue weighted by Crippen LogP contribution is -2.36. The van der Waals surface area contributed by atoms with Crippen molar-refractivity contribution in [3.8, 4) is 5.75 Å². The van der Waals surface area contributed by atoms with Gasteiger partial charge in [0.2, 0.25) is 0 Å². The Bertz CT molecular complexity index is 717. The van der Waals surface area contributed by atoms with Gasteiger partial charge in [0.15, 0.2) is 6.61 Å². The Morgan fingerprint density at radius 1 is 1.04 bits per heavy atom. The predicted octanol–water partition coefficient (Wildman–Crippen LogP) is 3.34. The summed E-state index contributed by atoms with van der Waals surface area (Å²) in [5.41, 5.74) is 1.92. The summed E-state index contributed by atoms with van der Waals surface area (Å²) < 4.78 is 5.38. The monoisotopic (exact) mass is 369 g/mol. The smallest absolute Gasteiger partial charge is 0.319 e. The molecule has 2 aromatic rings. The summed E-state index contributed by atoms with van der Waals surface area (Å²) in [6.45, 7) is 4.39. The van der Waals surface area contributed by atoms with Crippen LogP contribution in [0.2, 0.25) is 0 Å². The molecule has 0 radical (unpaired) electrons. The molecule has 0 aliphatic carbocycles. The molecule has 1 atom stereocenters. The van der Waals surface area contributed by atoms with Gasteiger partial charge in [-0.2, -0.15) is 0 Å². The Morgan fingerprint density at radius 3 is 2.41 bits per heavy atom. The second kappa shape index (κ2) is 10.9. The highest BCUT2D eigenvalue weighted by atomic mass is 16.5. The molecule has 6 heteroatoms. The van der Waals surface area contributed by atoms with Gasteiger partial charge in [-0.1, -0.05) is 30.3 Å². The number of carbonyl (C=O) groups is 2. The first-order valence-electron chi connectivity index (χ1n) is 9.18. The van der Waals surface area contributed by atoms with Gasteiger partial charge in [-0.3, -0.25) is 4.79 Å². The molecule has 0 spiro atoms. The minimum atomic E-state index is -0.244. The molecule has 0 aliphatic rings. The molecule has 6 nitrogen and oxygen atoms in total. The van der Waals surface area contributed by atoms with Gasteiger partial charge in [-0.15, -0.1) is 0 Å². The second-order valence-corrected chi connectivity index (χ2v) is 6.29. The van der Waals surface area contributed by atoms with Crippen LogP contribution in [0.25, 0.3) is 0 Å². The van der Waals surface area contributed by atoms with Crippen LogP contribution in [-0.4, -0.2) is 31.1 Å². The average Bonchev–Trinajstić information content (AvgIpc) is 2.67. The summed E-state index contributed by atoms with van der Waals surface area (Å²) >= 11 is 0. The Balaban J connectivity index is 1.72. The molecule has 27 heavy (non-hydrogen) atoms. The molecule has 0 heterocycles. The summed E-state index contributed by atoms with van der Waals surface area (Å²) in [4.78, 5) is 23.5. The van der Waals surface area contributed by atoms with Crippen LogP contribution in [0.1, 0.15) is 25.8 Å². The number of rotatable bonds is 9. The van der Waals surface area contributed by atoms with Gasteiger partial charge in [0.25, 0.3) is 5.91 Å². The highest BCUT2D eigenvalue weighted by molar-refractivity contribution is 5.89. The van der Waals surface area contributed by atoms with Crippen molar-refractivity contribution in [2.24, 2.45) is 0 Å². The van der Waals surface area contributed by atoms with Crippen molar-refractivity contribution in [2.45, 2.75) is 32.7 Å². The van der Waals surface area contributed by atoms with E-state index in [1.54, 1.807) is 24.3 Å². The molecule has 2 aromatic carbocycles. The number of hydrogen-bond donors (Lipinski definition) is 3. The summed E-state index contributed by atoms with van der Waals surface area (Å²) in [5.74, 6) is 0.409. The van der Waals surface area contributed by atoms with Gasteiger partial charge in [-0.05, 0) is 56.5 Å². The fraction of sp³-hybridized carbons (Fsp3) is 0.333. The van der Waals surface area contributed by atoms with Crippen molar-refractivity contribution in [3.05, 3.63) is 60.2 Å². The third-order valence-electron chi connectivity index (χ3n) is 3.94. The Labute approximate surface area is 160 Å². The highest BCUT2D eigenvalue weighted by Crippen LogP contribution is 2.15. The van der Waals surface area contributed by atoms with E-state index in [-0.39, 0.29) is 24.6 Å². The highest BCUT2D eigenvalue weighted by Gasteiger charge is 2.08. The quantitative estimate of drug-likeness (QED) is 0.634. The molecule has 1 unspecified atom stereocenters. The number of benzene rings is 2. The van der Waals surface area contributed by atoms with Crippen LogP contribution in [0.5, 0.6) is 5.75 Å². The maximum absolute atomic E-state index is 12.1. The normalized spacial score (nSPS) is 11.3. The van der Waals surface area contributed by atoms with Crippen LogP contribution < -0.4 is 20.7 Å².